The first-order chi connectivity index (χ1) is 7.34. The van der Waals surface area contributed by atoms with Crippen LogP contribution in [-0.2, 0) is 13.1 Å². The number of nitrogens with one attached hydrogen (secondary N) is 1. The van der Waals surface area contributed by atoms with Crippen molar-refractivity contribution in [2.45, 2.75) is 20.0 Å². The molecule has 4 heteroatoms. The van der Waals surface area contributed by atoms with Crippen molar-refractivity contribution in [2.75, 3.05) is 0 Å². The summed E-state index contributed by atoms with van der Waals surface area (Å²) in [4.78, 5) is 4.22. The molecule has 4 nitrogen and oxygen atoms in total. The fraction of sp³-hybridized carbons (Fsp3) is 0.273. The van der Waals surface area contributed by atoms with E-state index in [1.165, 1.54) is 5.56 Å². The van der Waals surface area contributed by atoms with Crippen LogP contribution in [0.1, 0.15) is 17.0 Å². The van der Waals surface area contributed by atoms with Crippen LogP contribution in [0.5, 0.6) is 0 Å². The van der Waals surface area contributed by atoms with Gasteiger partial charge in [-0.05, 0) is 18.6 Å². The monoisotopic (exact) mass is 203 g/mol. The van der Waals surface area contributed by atoms with Crippen molar-refractivity contribution in [2.24, 2.45) is 0 Å². The third-order valence-electron chi connectivity index (χ3n) is 2.10. The number of pyridine rings is 1. The standard InChI is InChI=1S/C11H13N3O/c1-9-2-3-10(7-13-9)6-12-8-11-4-5-15-14-11/h2-5,7,12H,6,8H2,1H3. The van der Waals surface area contributed by atoms with E-state index in [1.807, 2.05) is 25.3 Å². The van der Waals surface area contributed by atoms with E-state index in [0.717, 1.165) is 17.9 Å². The Morgan fingerprint density at radius 2 is 2.20 bits per heavy atom. The van der Waals surface area contributed by atoms with Crippen LogP contribution in [0, 0.1) is 6.92 Å². The minimum Gasteiger partial charge on any atom is -0.364 e. The first-order valence-corrected chi connectivity index (χ1v) is 4.86. The van der Waals surface area contributed by atoms with Crippen molar-refractivity contribution >= 4 is 0 Å². The summed E-state index contributed by atoms with van der Waals surface area (Å²) < 4.78 is 4.73. The number of aryl methyl sites for hydroxylation is 1. The van der Waals surface area contributed by atoms with Crippen LogP contribution in [0.2, 0.25) is 0 Å². The number of hydrogen-bond donors (Lipinski definition) is 1. The van der Waals surface area contributed by atoms with E-state index in [2.05, 4.69) is 21.5 Å². The van der Waals surface area contributed by atoms with Crippen LogP contribution in [0.4, 0.5) is 0 Å². The fourth-order valence-electron chi connectivity index (χ4n) is 1.27. The SMILES string of the molecule is Cc1ccc(CNCc2ccon2)cn1. The summed E-state index contributed by atoms with van der Waals surface area (Å²) in [7, 11) is 0. The van der Waals surface area contributed by atoms with Crippen LogP contribution in [-0.4, -0.2) is 10.1 Å². The predicted molar refractivity (Wildman–Crippen MR) is 56.0 cm³/mol. The number of hydrogen-bond acceptors (Lipinski definition) is 4. The second-order valence-electron chi connectivity index (χ2n) is 3.40. The molecular weight excluding hydrogens is 190 g/mol. The lowest BCUT2D eigenvalue weighted by Crippen LogP contribution is -2.12. The van der Waals surface area contributed by atoms with Gasteiger partial charge in [-0.25, -0.2) is 0 Å². The molecule has 0 radical (unpaired) electrons. The lowest BCUT2D eigenvalue weighted by molar-refractivity contribution is 0.408. The predicted octanol–water partition coefficient (Wildman–Crippen LogP) is 1.67. The highest BCUT2D eigenvalue weighted by Crippen LogP contribution is 1.99. The normalized spacial score (nSPS) is 10.5. The molecule has 0 saturated heterocycles. The van der Waals surface area contributed by atoms with Crippen LogP contribution in [0.3, 0.4) is 0 Å². The molecule has 0 aliphatic carbocycles. The van der Waals surface area contributed by atoms with Gasteiger partial charge >= 0.3 is 0 Å². The number of nitrogens with zero attached hydrogens (tertiary/aromatic N) is 2. The van der Waals surface area contributed by atoms with E-state index in [-0.39, 0.29) is 0 Å². The fourth-order valence-corrected chi connectivity index (χ4v) is 1.27. The summed E-state index contributed by atoms with van der Waals surface area (Å²) in [6.45, 7) is 3.48. The number of aromatic nitrogens is 2. The maximum absolute atomic E-state index is 4.73. The molecule has 0 aliphatic heterocycles. The van der Waals surface area contributed by atoms with Crippen LogP contribution < -0.4 is 5.32 Å². The Morgan fingerprint density at radius 1 is 1.27 bits per heavy atom. The molecule has 0 atom stereocenters. The Morgan fingerprint density at radius 3 is 2.87 bits per heavy atom. The highest BCUT2D eigenvalue weighted by Gasteiger charge is 1.96. The van der Waals surface area contributed by atoms with Gasteiger partial charge in [0.25, 0.3) is 0 Å². The second kappa shape index (κ2) is 4.70. The largest absolute Gasteiger partial charge is 0.364 e. The van der Waals surface area contributed by atoms with Gasteiger partial charge in [0, 0.05) is 31.0 Å². The minimum absolute atomic E-state index is 0.713. The third kappa shape index (κ3) is 2.89. The first kappa shape index (κ1) is 9.86. The second-order valence-corrected chi connectivity index (χ2v) is 3.40. The molecule has 15 heavy (non-hydrogen) atoms. The Balaban J connectivity index is 1.81. The van der Waals surface area contributed by atoms with Crippen LogP contribution in [0.15, 0.2) is 35.2 Å². The summed E-state index contributed by atoms with van der Waals surface area (Å²) in [5.74, 6) is 0. The molecular formula is C11H13N3O. The van der Waals surface area contributed by atoms with Crippen molar-refractivity contribution in [3.05, 3.63) is 47.6 Å². The summed E-state index contributed by atoms with van der Waals surface area (Å²) in [6, 6.07) is 5.92. The summed E-state index contributed by atoms with van der Waals surface area (Å²) in [5.41, 5.74) is 3.12. The highest BCUT2D eigenvalue weighted by molar-refractivity contribution is 5.12. The van der Waals surface area contributed by atoms with E-state index in [0.29, 0.717) is 6.54 Å². The molecule has 2 rings (SSSR count). The minimum atomic E-state index is 0.713. The summed E-state index contributed by atoms with van der Waals surface area (Å²) in [6.07, 6.45) is 3.45. The Labute approximate surface area is 88.3 Å². The Kier molecular flexibility index (Phi) is 3.09. The average molecular weight is 203 g/mol. The van der Waals surface area contributed by atoms with Crippen LogP contribution in [0.25, 0.3) is 0 Å². The molecule has 0 spiro atoms. The first-order valence-electron chi connectivity index (χ1n) is 4.86. The van der Waals surface area contributed by atoms with Gasteiger partial charge in [0.1, 0.15) is 6.26 Å². The summed E-state index contributed by atoms with van der Waals surface area (Å²) in [5, 5.41) is 7.07. The van der Waals surface area contributed by atoms with Crippen molar-refractivity contribution in [1.29, 1.82) is 0 Å². The molecule has 0 bridgehead atoms. The zero-order chi connectivity index (χ0) is 10.5. The van der Waals surface area contributed by atoms with E-state index in [9.17, 15) is 0 Å². The Hall–Kier alpha value is -1.68. The van der Waals surface area contributed by atoms with Crippen molar-refractivity contribution in [3.63, 3.8) is 0 Å². The quantitative estimate of drug-likeness (QED) is 0.821. The molecule has 0 fully saturated rings. The van der Waals surface area contributed by atoms with Gasteiger partial charge in [0.15, 0.2) is 0 Å². The molecule has 0 aliphatic rings. The molecule has 2 aromatic rings. The van der Waals surface area contributed by atoms with Gasteiger partial charge in [0.2, 0.25) is 0 Å². The molecule has 2 heterocycles. The number of rotatable bonds is 4. The van der Waals surface area contributed by atoms with Crippen molar-refractivity contribution in [3.8, 4) is 0 Å². The third-order valence-corrected chi connectivity index (χ3v) is 2.10. The Bertz CT molecular complexity index is 394. The molecule has 0 amide bonds. The zero-order valence-corrected chi connectivity index (χ0v) is 8.60. The lowest BCUT2D eigenvalue weighted by atomic mass is 10.2. The molecule has 2 aromatic heterocycles. The smallest absolute Gasteiger partial charge is 0.124 e. The molecule has 0 aromatic carbocycles. The maximum atomic E-state index is 4.73. The van der Waals surface area contributed by atoms with Gasteiger partial charge in [0.05, 0.1) is 5.69 Å². The van der Waals surface area contributed by atoms with Gasteiger partial charge in [-0.1, -0.05) is 11.2 Å². The molecule has 0 saturated carbocycles. The van der Waals surface area contributed by atoms with E-state index in [4.69, 9.17) is 4.52 Å². The van der Waals surface area contributed by atoms with Gasteiger partial charge in [-0.2, -0.15) is 0 Å². The van der Waals surface area contributed by atoms with E-state index in [1.54, 1.807) is 6.26 Å². The van der Waals surface area contributed by atoms with Gasteiger partial charge < -0.3 is 9.84 Å². The van der Waals surface area contributed by atoms with E-state index >= 15 is 0 Å². The van der Waals surface area contributed by atoms with Crippen LogP contribution >= 0.6 is 0 Å². The maximum Gasteiger partial charge on any atom is 0.124 e. The average Bonchev–Trinajstić information content (AvgIpc) is 2.74. The lowest BCUT2D eigenvalue weighted by Gasteiger charge is -2.02. The molecule has 0 unspecified atom stereocenters. The van der Waals surface area contributed by atoms with E-state index < -0.39 is 0 Å². The topological polar surface area (TPSA) is 51.0 Å². The molecule has 1 N–H and O–H groups in total. The highest BCUT2D eigenvalue weighted by atomic mass is 16.5. The molecule has 78 valence electrons. The van der Waals surface area contributed by atoms with Crippen molar-refractivity contribution in [1.82, 2.24) is 15.5 Å². The summed E-state index contributed by atoms with van der Waals surface area (Å²) >= 11 is 0. The van der Waals surface area contributed by atoms with Crippen molar-refractivity contribution < 1.29 is 4.52 Å². The zero-order valence-electron chi connectivity index (χ0n) is 8.60. The van der Waals surface area contributed by atoms with Gasteiger partial charge in [-0.15, -0.1) is 0 Å². The van der Waals surface area contributed by atoms with Gasteiger partial charge in [-0.3, -0.25) is 4.98 Å².